The summed E-state index contributed by atoms with van der Waals surface area (Å²) in [4.78, 5) is 0. The first-order valence-corrected chi connectivity index (χ1v) is 6.19. The fourth-order valence-corrected chi connectivity index (χ4v) is 2.08. The minimum atomic E-state index is -0.138. The van der Waals surface area contributed by atoms with Crippen LogP contribution in [0.4, 0.5) is 4.39 Å². The first-order valence-electron chi connectivity index (χ1n) is 5.07. The topological polar surface area (TPSA) is 0 Å². The van der Waals surface area contributed by atoms with Crippen molar-refractivity contribution in [1.82, 2.24) is 0 Å². The molecule has 82 valence electrons. The molecule has 0 aliphatic heterocycles. The van der Waals surface area contributed by atoms with E-state index in [0.717, 1.165) is 10.9 Å². The lowest BCUT2D eigenvalue weighted by Crippen LogP contribution is -1.95. The Morgan fingerprint density at radius 1 is 1.47 bits per heavy atom. The van der Waals surface area contributed by atoms with Gasteiger partial charge in [-0.3, -0.25) is 0 Å². The molecule has 0 atom stereocenters. The van der Waals surface area contributed by atoms with Crippen LogP contribution in [0.2, 0.25) is 0 Å². The summed E-state index contributed by atoms with van der Waals surface area (Å²) >= 11 is 3.44. The number of rotatable bonds is 3. The fourth-order valence-electron chi connectivity index (χ4n) is 1.27. The van der Waals surface area contributed by atoms with Crippen molar-refractivity contribution in [2.75, 3.05) is 5.33 Å². The Bertz CT molecular complexity index is 367. The maximum absolute atomic E-state index is 13.3. The summed E-state index contributed by atoms with van der Waals surface area (Å²) in [7, 11) is 0. The first-order chi connectivity index (χ1) is 7.04. The maximum Gasteiger partial charge on any atom is 0.126 e. The quantitative estimate of drug-likeness (QED) is 0.706. The number of benzene rings is 1. The van der Waals surface area contributed by atoms with Crippen LogP contribution in [-0.4, -0.2) is 5.33 Å². The molecule has 0 aliphatic rings. The van der Waals surface area contributed by atoms with E-state index in [1.165, 1.54) is 5.57 Å². The minimum Gasteiger partial charge on any atom is -0.207 e. The number of halogens is 2. The first kappa shape index (κ1) is 12.4. The molecule has 0 radical (unpaired) electrons. The minimum absolute atomic E-state index is 0.138. The molecule has 0 N–H and O–H groups in total. The maximum atomic E-state index is 13.3. The van der Waals surface area contributed by atoms with Gasteiger partial charge in [-0.05, 0) is 30.0 Å². The van der Waals surface area contributed by atoms with Crippen molar-refractivity contribution in [3.8, 4) is 0 Å². The molecule has 0 fully saturated rings. The lowest BCUT2D eigenvalue weighted by atomic mass is 10.0. The molecule has 2 heteroatoms. The van der Waals surface area contributed by atoms with Gasteiger partial charge in [-0.15, -0.1) is 0 Å². The van der Waals surface area contributed by atoms with Gasteiger partial charge in [-0.25, -0.2) is 4.39 Å². The Morgan fingerprint density at radius 3 is 2.60 bits per heavy atom. The molecule has 0 aromatic heterocycles. The van der Waals surface area contributed by atoms with Crippen LogP contribution in [0.15, 0.2) is 23.8 Å². The molecule has 1 aromatic carbocycles. The predicted molar refractivity (Wildman–Crippen MR) is 67.7 cm³/mol. The highest BCUT2D eigenvalue weighted by Crippen LogP contribution is 2.18. The van der Waals surface area contributed by atoms with E-state index in [1.807, 2.05) is 18.2 Å². The van der Waals surface area contributed by atoms with Gasteiger partial charge in [0.2, 0.25) is 0 Å². The molecule has 0 bridgehead atoms. The van der Waals surface area contributed by atoms with Crippen LogP contribution in [-0.2, 0) is 0 Å². The lowest BCUT2D eigenvalue weighted by Gasteiger charge is -2.08. The van der Waals surface area contributed by atoms with Crippen LogP contribution >= 0.6 is 15.9 Å². The van der Waals surface area contributed by atoms with E-state index in [-0.39, 0.29) is 5.82 Å². The number of alkyl halides is 1. The Kier molecular flexibility index (Phi) is 4.52. The zero-order chi connectivity index (χ0) is 11.4. The molecule has 0 nitrogen and oxygen atoms in total. The normalized spacial score (nSPS) is 12.3. The Hall–Kier alpha value is -0.630. The number of aryl methyl sites for hydroxylation is 1. The van der Waals surface area contributed by atoms with E-state index in [0.29, 0.717) is 11.5 Å². The van der Waals surface area contributed by atoms with E-state index in [1.54, 1.807) is 13.0 Å². The van der Waals surface area contributed by atoms with Crippen molar-refractivity contribution in [1.29, 1.82) is 0 Å². The average Bonchev–Trinajstić information content (AvgIpc) is 2.19. The van der Waals surface area contributed by atoms with E-state index >= 15 is 0 Å². The van der Waals surface area contributed by atoms with Crippen molar-refractivity contribution < 1.29 is 4.39 Å². The van der Waals surface area contributed by atoms with Crippen LogP contribution in [0.5, 0.6) is 0 Å². The summed E-state index contributed by atoms with van der Waals surface area (Å²) in [5.41, 5.74) is 2.90. The molecule has 0 heterocycles. The van der Waals surface area contributed by atoms with Crippen molar-refractivity contribution in [2.45, 2.75) is 20.8 Å². The largest absolute Gasteiger partial charge is 0.207 e. The highest BCUT2D eigenvalue weighted by Gasteiger charge is 2.03. The molecular formula is C13H16BrF. The smallest absolute Gasteiger partial charge is 0.126 e. The van der Waals surface area contributed by atoms with Crippen LogP contribution in [0.25, 0.3) is 6.08 Å². The molecule has 0 saturated carbocycles. The summed E-state index contributed by atoms with van der Waals surface area (Å²) in [6, 6.07) is 5.34. The van der Waals surface area contributed by atoms with Gasteiger partial charge < -0.3 is 0 Å². The van der Waals surface area contributed by atoms with E-state index in [2.05, 4.69) is 29.8 Å². The van der Waals surface area contributed by atoms with Gasteiger partial charge in [0.25, 0.3) is 0 Å². The highest BCUT2D eigenvalue weighted by atomic mass is 79.9. The highest BCUT2D eigenvalue weighted by molar-refractivity contribution is 9.09. The second-order valence-electron chi connectivity index (χ2n) is 4.02. The van der Waals surface area contributed by atoms with Crippen molar-refractivity contribution in [2.24, 2.45) is 5.92 Å². The molecule has 0 spiro atoms. The van der Waals surface area contributed by atoms with Crippen LogP contribution in [0.1, 0.15) is 25.0 Å². The average molecular weight is 271 g/mol. The van der Waals surface area contributed by atoms with Gasteiger partial charge in [0.05, 0.1) is 0 Å². The summed E-state index contributed by atoms with van der Waals surface area (Å²) in [6.07, 6.45) is 2.04. The third kappa shape index (κ3) is 3.45. The Balaban J connectivity index is 3.01. The zero-order valence-corrected chi connectivity index (χ0v) is 10.9. The molecule has 15 heavy (non-hydrogen) atoms. The van der Waals surface area contributed by atoms with E-state index in [9.17, 15) is 4.39 Å². The van der Waals surface area contributed by atoms with Crippen molar-refractivity contribution in [3.63, 3.8) is 0 Å². The van der Waals surface area contributed by atoms with Gasteiger partial charge >= 0.3 is 0 Å². The van der Waals surface area contributed by atoms with E-state index < -0.39 is 0 Å². The molecule has 0 unspecified atom stereocenters. The monoisotopic (exact) mass is 270 g/mol. The summed E-state index contributed by atoms with van der Waals surface area (Å²) in [6.45, 7) is 6.05. The Morgan fingerprint density at radius 2 is 2.13 bits per heavy atom. The zero-order valence-electron chi connectivity index (χ0n) is 9.35. The van der Waals surface area contributed by atoms with Gasteiger partial charge in [0.1, 0.15) is 5.82 Å². The van der Waals surface area contributed by atoms with Crippen LogP contribution < -0.4 is 0 Å². The van der Waals surface area contributed by atoms with Gasteiger partial charge in [-0.2, -0.15) is 0 Å². The molecule has 0 saturated heterocycles. The summed E-state index contributed by atoms with van der Waals surface area (Å²) in [5, 5.41) is 0.833. The fraction of sp³-hybridized carbons (Fsp3) is 0.385. The summed E-state index contributed by atoms with van der Waals surface area (Å²) < 4.78 is 13.3. The second-order valence-corrected chi connectivity index (χ2v) is 4.58. The SMILES string of the molecule is Cc1ccc(C=C(CBr)C(C)C)cc1F. The molecule has 0 aliphatic carbocycles. The van der Waals surface area contributed by atoms with Gasteiger partial charge in [0, 0.05) is 5.33 Å². The molecule has 0 amide bonds. The van der Waals surface area contributed by atoms with Crippen molar-refractivity contribution in [3.05, 3.63) is 40.7 Å². The summed E-state index contributed by atoms with van der Waals surface area (Å²) in [5.74, 6) is 0.343. The number of hydrogen-bond acceptors (Lipinski definition) is 0. The molecule has 1 aromatic rings. The standard InChI is InChI=1S/C13H16BrF/c1-9(2)12(8-14)6-11-5-4-10(3)13(15)7-11/h4-7,9H,8H2,1-3H3. The second kappa shape index (κ2) is 5.45. The van der Waals surface area contributed by atoms with Gasteiger partial charge in [0.15, 0.2) is 0 Å². The van der Waals surface area contributed by atoms with Gasteiger partial charge in [-0.1, -0.05) is 53.6 Å². The number of hydrogen-bond donors (Lipinski definition) is 0. The third-order valence-electron chi connectivity index (χ3n) is 2.44. The lowest BCUT2D eigenvalue weighted by molar-refractivity contribution is 0.618. The Labute approximate surface area is 99.3 Å². The molecule has 1 rings (SSSR count). The van der Waals surface area contributed by atoms with Crippen LogP contribution in [0.3, 0.4) is 0 Å². The van der Waals surface area contributed by atoms with E-state index in [4.69, 9.17) is 0 Å². The molecular weight excluding hydrogens is 255 g/mol. The number of allylic oxidation sites excluding steroid dienone is 1. The third-order valence-corrected chi connectivity index (χ3v) is 3.09. The van der Waals surface area contributed by atoms with Crippen LogP contribution in [0, 0.1) is 18.7 Å². The predicted octanol–water partition coefficient (Wildman–Crippen LogP) is 4.57. The van der Waals surface area contributed by atoms with Crippen molar-refractivity contribution >= 4 is 22.0 Å².